The zero-order chi connectivity index (χ0) is 28.1. The van der Waals surface area contributed by atoms with Crippen molar-refractivity contribution in [2.75, 3.05) is 6.61 Å². The highest BCUT2D eigenvalue weighted by atomic mass is 16.9. The van der Waals surface area contributed by atoms with Crippen molar-refractivity contribution in [1.29, 1.82) is 0 Å². The molecule has 0 radical (unpaired) electrons. The lowest BCUT2D eigenvalue weighted by molar-refractivity contribution is -0.231. The van der Waals surface area contributed by atoms with Crippen LogP contribution in [-0.2, 0) is 41.6 Å². The van der Waals surface area contributed by atoms with Crippen LogP contribution in [0.2, 0.25) is 0 Å². The van der Waals surface area contributed by atoms with Crippen molar-refractivity contribution >= 4 is 16.9 Å². The van der Waals surface area contributed by atoms with Crippen LogP contribution in [0.1, 0.15) is 52.4 Å². The van der Waals surface area contributed by atoms with Gasteiger partial charge in [-0.05, 0) is 63.9 Å². The number of amides is 1. The van der Waals surface area contributed by atoms with Gasteiger partial charge in [-0.3, -0.25) is 4.79 Å². The summed E-state index contributed by atoms with van der Waals surface area (Å²) in [6.45, 7) is 10.9. The first-order valence-corrected chi connectivity index (χ1v) is 13.9. The summed E-state index contributed by atoms with van der Waals surface area (Å²) in [4.78, 5) is 18.4. The van der Waals surface area contributed by atoms with Crippen molar-refractivity contribution in [3.8, 4) is 5.75 Å². The summed E-state index contributed by atoms with van der Waals surface area (Å²) < 4.78 is 38.2. The number of benzene rings is 2. The number of imidazole rings is 1. The summed E-state index contributed by atoms with van der Waals surface area (Å²) in [5.41, 5.74) is 2.95. The van der Waals surface area contributed by atoms with E-state index >= 15 is 0 Å². The van der Waals surface area contributed by atoms with E-state index < -0.39 is 42.3 Å². The molecule has 5 atom stereocenters. The molecule has 3 fully saturated rings. The Morgan fingerprint density at radius 1 is 0.950 bits per heavy atom. The fourth-order valence-corrected chi connectivity index (χ4v) is 5.62. The van der Waals surface area contributed by atoms with Crippen LogP contribution >= 0.6 is 0 Å². The minimum absolute atomic E-state index is 0.212. The van der Waals surface area contributed by atoms with Crippen LogP contribution in [0.3, 0.4) is 0 Å². The minimum atomic E-state index is -0.931. The molecular weight excluding hydrogens is 514 g/mol. The van der Waals surface area contributed by atoms with Crippen LogP contribution in [0.15, 0.2) is 48.5 Å². The monoisotopic (exact) mass is 551 g/mol. The van der Waals surface area contributed by atoms with Gasteiger partial charge in [-0.15, -0.1) is 0 Å². The molecule has 0 unspecified atom stereocenters. The zero-order valence-corrected chi connectivity index (χ0v) is 23.6. The van der Waals surface area contributed by atoms with Gasteiger partial charge in [0.05, 0.1) is 24.2 Å². The maximum Gasteiger partial charge on any atom is 0.252 e. The molecule has 40 heavy (non-hydrogen) atoms. The molecule has 3 aliphatic heterocycles. The van der Waals surface area contributed by atoms with Crippen LogP contribution < -0.4 is 10.1 Å². The maximum atomic E-state index is 13.6. The van der Waals surface area contributed by atoms with Gasteiger partial charge < -0.3 is 38.3 Å². The van der Waals surface area contributed by atoms with E-state index in [1.807, 2.05) is 64.1 Å². The van der Waals surface area contributed by atoms with Crippen LogP contribution in [0, 0.1) is 0 Å². The van der Waals surface area contributed by atoms with E-state index in [1.54, 1.807) is 0 Å². The van der Waals surface area contributed by atoms with E-state index in [-0.39, 0.29) is 12.5 Å². The smallest absolute Gasteiger partial charge is 0.252 e. The molecule has 0 saturated carbocycles. The van der Waals surface area contributed by atoms with Crippen LogP contribution in [0.5, 0.6) is 5.75 Å². The van der Waals surface area contributed by atoms with Crippen LogP contribution in [0.25, 0.3) is 11.0 Å². The topological polar surface area (TPSA) is 102 Å². The van der Waals surface area contributed by atoms with Crippen LogP contribution in [0.4, 0.5) is 0 Å². The fourth-order valence-electron chi connectivity index (χ4n) is 5.62. The molecular formula is C30H37N3O7. The lowest BCUT2D eigenvalue weighted by atomic mass is 9.98. The van der Waals surface area contributed by atoms with Crippen molar-refractivity contribution in [2.24, 2.45) is 0 Å². The van der Waals surface area contributed by atoms with Crippen molar-refractivity contribution in [3.63, 3.8) is 0 Å². The maximum absolute atomic E-state index is 13.6. The van der Waals surface area contributed by atoms with Gasteiger partial charge in [0, 0.05) is 6.54 Å². The summed E-state index contributed by atoms with van der Waals surface area (Å²) >= 11 is 0. The largest absolute Gasteiger partial charge is 0.494 e. The van der Waals surface area contributed by atoms with E-state index in [0.717, 1.165) is 34.6 Å². The second-order valence-corrected chi connectivity index (χ2v) is 11.4. The first-order chi connectivity index (χ1) is 19.1. The molecule has 4 heterocycles. The molecule has 1 aromatic heterocycles. The summed E-state index contributed by atoms with van der Waals surface area (Å²) in [5, 5.41) is 3.03. The highest BCUT2D eigenvalue weighted by Crippen LogP contribution is 2.44. The number of hydrogen-bond acceptors (Lipinski definition) is 8. The third-order valence-electron chi connectivity index (χ3n) is 7.30. The number of para-hydroxylation sites is 2. The Bertz CT molecular complexity index is 1370. The van der Waals surface area contributed by atoms with E-state index in [4.69, 9.17) is 33.4 Å². The lowest BCUT2D eigenvalue weighted by Crippen LogP contribution is -2.59. The first-order valence-electron chi connectivity index (χ1n) is 13.9. The first kappa shape index (κ1) is 27.2. The molecule has 6 rings (SSSR count). The zero-order valence-electron chi connectivity index (χ0n) is 23.6. The Morgan fingerprint density at radius 3 is 2.42 bits per heavy atom. The molecule has 3 saturated heterocycles. The molecule has 0 spiro atoms. The molecule has 1 N–H and O–H groups in total. The Labute approximate surface area is 233 Å². The average molecular weight is 552 g/mol. The van der Waals surface area contributed by atoms with E-state index in [9.17, 15) is 4.79 Å². The number of hydrogen-bond donors (Lipinski definition) is 1. The summed E-state index contributed by atoms with van der Waals surface area (Å²) in [5.74, 6) is -0.474. The number of carbonyl (C=O) groups excluding carboxylic acids is 1. The minimum Gasteiger partial charge on any atom is -0.494 e. The predicted octanol–water partition coefficient (Wildman–Crippen LogP) is 3.89. The Balaban J connectivity index is 1.20. The molecule has 0 aliphatic carbocycles. The molecule has 214 valence electrons. The fraction of sp³-hybridized carbons (Fsp3) is 0.533. The van der Waals surface area contributed by atoms with E-state index in [2.05, 4.69) is 28.9 Å². The Hall–Kier alpha value is -3.02. The second-order valence-electron chi connectivity index (χ2n) is 11.4. The summed E-state index contributed by atoms with van der Waals surface area (Å²) in [6.07, 6.45) is -2.34. The number of nitrogens with one attached hydrogen (secondary N) is 1. The predicted molar refractivity (Wildman–Crippen MR) is 145 cm³/mol. The molecule has 10 heteroatoms. The molecule has 10 nitrogen and oxygen atoms in total. The van der Waals surface area contributed by atoms with Gasteiger partial charge in [-0.25, -0.2) is 4.98 Å². The van der Waals surface area contributed by atoms with E-state index in [1.165, 1.54) is 0 Å². The van der Waals surface area contributed by atoms with Gasteiger partial charge in [-0.1, -0.05) is 31.2 Å². The normalized spacial score (nSPS) is 28.3. The second kappa shape index (κ2) is 10.4. The van der Waals surface area contributed by atoms with Crippen molar-refractivity contribution < 1.29 is 33.2 Å². The van der Waals surface area contributed by atoms with Gasteiger partial charge in [0.25, 0.3) is 5.91 Å². The molecule has 1 amide bonds. The van der Waals surface area contributed by atoms with Gasteiger partial charge >= 0.3 is 0 Å². The number of aromatic nitrogens is 2. The molecule has 3 aliphatic rings. The van der Waals surface area contributed by atoms with Crippen LogP contribution in [-0.4, -0.2) is 64.3 Å². The number of nitrogens with zero attached hydrogens (tertiary/aromatic N) is 2. The van der Waals surface area contributed by atoms with Gasteiger partial charge in [0.15, 0.2) is 24.0 Å². The molecule has 0 bridgehead atoms. The number of fused-ring (bicyclic) bond motifs is 4. The Morgan fingerprint density at radius 2 is 1.65 bits per heavy atom. The van der Waals surface area contributed by atoms with Crippen molar-refractivity contribution in [3.05, 3.63) is 59.9 Å². The standard InChI is InChI=1S/C30H37N3O7/c1-6-15-35-19-13-11-18(12-14-19)17-33-21-10-8-7-9-20(21)32-22(33)16-31-27(34)25-23-24(38-29(2,3)37-23)26-28(36-25)40-30(4,5)39-26/h7-14,23-26,28H,6,15-17H2,1-5H3,(H,31,34)/t23-,24+,25+,26-,28-/m1/s1. The number of ether oxygens (including phenoxy) is 6. The lowest BCUT2D eigenvalue weighted by Gasteiger charge is -2.36. The quantitative estimate of drug-likeness (QED) is 0.450. The molecule has 2 aromatic carbocycles. The van der Waals surface area contributed by atoms with Gasteiger partial charge in [-0.2, -0.15) is 0 Å². The highest BCUT2D eigenvalue weighted by molar-refractivity contribution is 5.82. The summed E-state index contributed by atoms with van der Waals surface area (Å²) in [6, 6.07) is 16.0. The van der Waals surface area contributed by atoms with Gasteiger partial charge in [0.1, 0.15) is 29.9 Å². The molecule has 3 aromatic rings. The van der Waals surface area contributed by atoms with Gasteiger partial charge in [0.2, 0.25) is 0 Å². The van der Waals surface area contributed by atoms with E-state index in [0.29, 0.717) is 13.2 Å². The van der Waals surface area contributed by atoms with Crippen molar-refractivity contribution in [1.82, 2.24) is 14.9 Å². The number of rotatable bonds is 8. The summed E-state index contributed by atoms with van der Waals surface area (Å²) in [7, 11) is 0. The third kappa shape index (κ3) is 5.34. The number of carbonyl (C=O) groups is 1. The SMILES string of the molecule is CCCOc1ccc(Cn2c(CNC(=O)[C@H]3O[C@@H]4OC(C)(C)O[C@@H]4[C@H]4OC(C)(C)O[C@H]43)nc3ccccc32)cc1. The Kier molecular flexibility index (Phi) is 7.08. The average Bonchev–Trinajstić information content (AvgIpc) is 3.55. The van der Waals surface area contributed by atoms with Crippen molar-refractivity contribution in [2.45, 2.75) is 96.4 Å². The third-order valence-corrected chi connectivity index (χ3v) is 7.30. The highest BCUT2D eigenvalue weighted by Gasteiger charge is 2.62.